The van der Waals surface area contributed by atoms with Crippen molar-refractivity contribution in [2.24, 2.45) is 0 Å². The molecule has 0 aromatic heterocycles. The first-order valence-corrected chi connectivity index (χ1v) is 10.7. The third-order valence-corrected chi connectivity index (χ3v) is 8.28. The highest BCUT2D eigenvalue weighted by Crippen LogP contribution is 2.23. The van der Waals surface area contributed by atoms with Gasteiger partial charge in [0.25, 0.3) is 8.32 Å². The summed E-state index contributed by atoms with van der Waals surface area (Å²) in [6.45, 7) is 9.67. The first-order chi connectivity index (χ1) is 10.9. The maximum atomic E-state index is 12.3. The van der Waals surface area contributed by atoms with Gasteiger partial charge in [-0.25, -0.2) is 14.4 Å². The predicted octanol–water partition coefficient (Wildman–Crippen LogP) is 2.98. The van der Waals surface area contributed by atoms with Crippen molar-refractivity contribution in [3.05, 3.63) is 12.2 Å². The zero-order chi connectivity index (χ0) is 17.9. The van der Waals surface area contributed by atoms with Gasteiger partial charge in [-0.15, -0.1) is 0 Å². The molecule has 0 spiro atoms. The van der Waals surface area contributed by atoms with Crippen LogP contribution in [-0.2, 0) is 28.3 Å². The second-order valence-electron chi connectivity index (χ2n) is 5.08. The van der Waals surface area contributed by atoms with Crippen LogP contribution in [0.4, 0.5) is 0 Å². The van der Waals surface area contributed by atoms with Crippen LogP contribution in [-0.4, -0.2) is 38.9 Å². The number of ether oxygens (including phenoxy) is 2. The molecule has 0 heterocycles. The highest BCUT2D eigenvalue weighted by atomic mass is 28.4. The Morgan fingerprint density at radius 3 is 1.87 bits per heavy atom. The summed E-state index contributed by atoms with van der Waals surface area (Å²) in [6.07, 6.45) is 1.30. The number of hydrogen-bond acceptors (Lipinski definition) is 6. The van der Waals surface area contributed by atoms with Crippen molar-refractivity contribution >= 4 is 26.2 Å². The van der Waals surface area contributed by atoms with Gasteiger partial charge in [-0.1, -0.05) is 27.7 Å². The molecule has 0 aromatic rings. The Bertz CT molecular complexity index is 420. The molecule has 0 aliphatic carbocycles. The van der Waals surface area contributed by atoms with Crippen molar-refractivity contribution in [3.63, 3.8) is 0 Å². The average molecular weight is 344 g/mol. The van der Waals surface area contributed by atoms with Gasteiger partial charge in [-0.05, 0) is 31.5 Å². The fraction of sp³-hybridized carbons (Fsp3) is 0.688. The van der Waals surface area contributed by atoms with Gasteiger partial charge >= 0.3 is 17.9 Å². The van der Waals surface area contributed by atoms with Crippen LogP contribution in [0.15, 0.2) is 12.2 Å². The number of rotatable bonds is 10. The zero-order valence-corrected chi connectivity index (χ0v) is 15.7. The third-order valence-electron chi connectivity index (χ3n) is 3.78. The van der Waals surface area contributed by atoms with Gasteiger partial charge < -0.3 is 13.9 Å². The number of carbonyl (C=O) groups is 3. The van der Waals surface area contributed by atoms with Crippen molar-refractivity contribution in [3.8, 4) is 0 Å². The molecule has 0 aliphatic heterocycles. The van der Waals surface area contributed by atoms with Gasteiger partial charge in [-0.2, -0.15) is 0 Å². The Balaban J connectivity index is 4.73. The van der Waals surface area contributed by atoms with E-state index in [9.17, 15) is 14.4 Å². The minimum Gasteiger partial charge on any atom is -0.516 e. The fourth-order valence-corrected chi connectivity index (χ4v) is 4.54. The average Bonchev–Trinajstić information content (AvgIpc) is 2.55. The first kappa shape index (κ1) is 21.4. The second-order valence-corrected chi connectivity index (χ2v) is 9.78. The largest absolute Gasteiger partial charge is 0.516 e. The Morgan fingerprint density at radius 1 is 0.913 bits per heavy atom. The van der Waals surface area contributed by atoms with Crippen LogP contribution in [0.1, 0.15) is 41.0 Å². The molecule has 0 N–H and O–H groups in total. The van der Waals surface area contributed by atoms with E-state index in [1.165, 1.54) is 0 Å². The molecule has 0 fully saturated rings. The summed E-state index contributed by atoms with van der Waals surface area (Å²) in [4.78, 5) is 35.1. The zero-order valence-electron chi connectivity index (χ0n) is 14.7. The van der Waals surface area contributed by atoms with Crippen LogP contribution in [0.2, 0.25) is 18.1 Å². The van der Waals surface area contributed by atoms with Crippen LogP contribution in [0.3, 0.4) is 0 Å². The van der Waals surface area contributed by atoms with Crippen molar-refractivity contribution in [2.75, 3.05) is 6.61 Å². The SMILES string of the molecule is CCOC(=O)C=CC(=O)OC(CC)C(=O)O[Si](CC)(CC)CC. The summed E-state index contributed by atoms with van der Waals surface area (Å²) in [5.74, 6) is -1.89. The summed E-state index contributed by atoms with van der Waals surface area (Å²) in [7, 11) is -2.09. The predicted molar refractivity (Wildman–Crippen MR) is 89.2 cm³/mol. The molecule has 0 aromatic carbocycles. The molecule has 6 nitrogen and oxygen atoms in total. The molecule has 1 unspecified atom stereocenters. The maximum Gasteiger partial charge on any atom is 0.334 e. The Hall–Kier alpha value is -1.63. The molecule has 23 heavy (non-hydrogen) atoms. The Kier molecular flexibility index (Phi) is 10.2. The summed E-state index contributed by atoms with van der Waals surface area (Å²) in [5, 5.41) is 0. The van der Waals surface area contributed by atoms with Crippen molar-refractivity contribution in [1.29, 1.82) is 0 Å². The summed E-state index contributed by atoms with van der Waals surface area (Å²) < 4.78 is 15.5. The molecule has 0 saturated carbocycles. The van der Waals surface area contributed by atoms with E-state index in [0.29, 0.717) is 6.42 Å². The van der Waals surface area contributed by atoms with Gasteiger partial charge in [-0.3, -0.25) is 0 Å². The lowest BCUT2D eigenvalue weighted by atomic mass is 10.3. The van der Waals surface area contributed by atoms with E-state index in [1.807, 2.05) is 20.8 Å². The molecule has 7 heteroatoms. The van der Waals surface area contributed by atoms with E-state index in [4.69, 9.17) is 9.16 Å². The lowest BCUT2D eigenvalue weighted by Gasteiger charge is -2.29. The van der Waals surface area contributed by atoms with Gasteiger partial charge in [0.2, 0.25) is 0 Å². The molecule has 0 saturated heterocycles. The maximum absolute atomic E-state index is 12.3. The number of hydrogen-bond donors (Lipinski definition) is 0. The lowest BCUT2D eigenvalue weighted by molar-refractivity contribution is -0.159. The lowest BCUT2D eigenvalue weighted by Crippen LogP contribution is -2.42. The van der Waals surface area contributed by atoms with Crippen LogP contribution in [0.25, 0.3) is 0 Å². The van der Waals surface area contributed by atoms with E-state index >= 15 is 0 Å². The van der Waals surface area contributed by atoms with E-state index < -0.39 is 32.3 Å². The first-order valence-electron chi connectivity index (χ1n) is 8.16. The molecule has 0 bridgehead atoms. The monoisotopic (exact) mass is 344 g/mol. The van der Waals surface area contributed by atoms with Crippen LogP contribution < -0.4 is 0 Å². The molecule has 0 radical (unpaired) electrons. The molecule has 0 rings (SSSR count). The van der Waals surface area contributed by atoms with Crippen LogP contribution >= 0.6 is 0 Å². The smallest absolute Gasteiger partial charge is 0.334 e. The van der Waals surface area contributed by atoms with E-state index in [2.05, 4.69) is 4.74 Å². The highest BCUT2D eigenvalue weighted by Gasteiger charge is 2.35. The van der Waals surface area contributed by atoms with Crippen molar-refractivity contribution < 1.29 is 28.3 Å². The van der Waals surface area contributed by atoms with Crippen molar-refractivity contribution in [1.82, 2.24) is 0 Å². The standard InChI is InChI=1S/C16H28O6Si/c1-6-13(16(19)22-23(8-3,9-4)10-5)21-15(18)12-11-14(17)20-7-2/h11-13H,6-10H2,1-5H3. The summed E-state index contributed by atoms with van der Waals surface area (Å²) in [5.41, 5.74) is 0. The van der Waals surface area contributed by atoms with Gasteiger partial charge in [0.15, 0.2) is 6.10 Å². The summed E-state index contributed by atoms with van der Waals surface area (Å²) in [6, 6.07) is 2.50. The fourth-order valence-electron chi connectivity index (χ4n) is 2.05. The number of esters is 2. The van der Waals surface area contributed by atoms with E-state index in [0.717, 1.165) is 30.3 Å². The van der Waals surface area contributed by atoms with Gasteiger partial charge in [0.1, 0.15) is 0 Å². The minimum atomic E-state index is -2.09. The Morgan fingerprint density at radius 2 is 1.43 bits per heavy atom. The van der Waals surface area contributed by atoms with Crippen molar-refractivity contribution in [2.45, 2.75) is 65.3 Å². The molecular formula is C16H28O6Si. The van der Waals surface area contributed by atoms with E-state index in [1.54, 1.807) is 13.8 Å². The topological polar surface area (TPSA) is 78.9 Å². The molecule has 1 atom stereocenters. The molecule has 0 amide bonds. The normalized spacial score (nSPS) is 12.7. The molecule has 0 aliphatic rings. The highest BCUT2D eigenvalue weighted by molar-refractivity contribution is 6.75. The van der Waals surface area contributed by atoms with Gasteiger partial charge in [0, 0.05) is 12.2 Å². The number of carbonyl (C=O) groups excluding carboxylic acids is 3. The molecular weight excluding hydrogens is 316 g/mol. The molecule has 132 valence electrons. The third kappa shape index (κ3) is 7.45. The van der Waals surface area contributed by atoms with Crippen LogP contribution in [0.5, 0.6) is 0 Å². The second kappa shape index (κ2) is 11.0. The van der Waals surface area contributed by atoms with E-state index in [-0.39, 0.29) is 6.61 Å². The Labute approximate surface area is 139 Å². The quantitative estimate of drug-likeness (QED) is 0.344. The summed E-state index contributed by atoms with van der Waals surface area (Å²) >= 11 is 0. The minimum absolute atomic E-state index is 0.222. The van der Waals surface area contributed by atoms with Crippen LogP contribution in [0, 0.1) is 0 Å². The van der Waals surface area contributed by atoms with Gasteiger partial charge in [0.05, 0.1) is 6.61 Å².